The zero-order chi connectivity index (χ0) is 21.9. The van der Waals surface area contributed by atoms with Gasteiger partial charge in [0.2, 0.25) is 11.7 Å². The summed E-state index contributed by atoms with van der Waals surface area (Å²) in [5, 5.41) is 4.75. The van der Waals surface area contributed by atoms with Crippen molar-refractivity contribution in [3.8, 4) is 11.4 Å². The van der Waals surface area contributed by atoms with Gasteiger partial charge in [0.15, 0.2) is 0 Å². The number of hydrogen-bond acceptors (Lipinski definition) is 7. The predicted molar refractivity (Wildman–Crippen MR) is 122 cm³/mol. The molecular formula is C23H25ClN6O2. The third-order valence-corrected chi connectivity index (χ3v) is 6.26. The molecule has 0 N–H and O–H groups in total. The maximum Gasteiger partial charge on any atom is 0.257 e. The number of carbonyl (C=O) groups is 1. The highest BCUT2D eigenvalue weighted by Gasteiger charge is 2.27. The van der Waals surface area contributed by atoms with Crippen molar-refractivity contribution in [2.45, 2.75) is 19.4 Å². The maximum atomic E-state index is 13.2. The van der Waals surface area contributed by atoms with Crippen molar-refractivity contribution in [1.82, 2.24) is 24.9 Å². The van der Waals surface area contributed by atoms with E-state index in [0.29, 0.717) is 41.9 Å². The van der Waals surface area contributed by atoms with Gasteiger partial charge in [-0.15, -0.1) is 0 Å². The maximum absolute atomic E-state index is 13.2. The summed E-state index contributed by atoms with van der Waals surface area (Å²) >= 11 is 5.94. The van der Waals surface area contributed by atoms with E-state index in [2.05, 4.69) is 24.9 Å². The van der Waals surface area contributed by atoms with E-state index in [9.17, 15) is 4.79 Å². The lowest BCUT2D eigenvalue weighted by atomic mass is 10.2. The van der Waals surface area contributed by atoms with Crippen LogP contribution < -0.4 is 4.90 Å². The number of carbonyl (C=O) groups excluding carboxylic acids is 1. The van der Waals surface area contributed by atoms with Gasteiger partial charge in [-0.3, -0.25) is 9.69 Å². The highest BCUT2D eigenvalue weighted by molar-refractivity contribution is 6.30. The van der Waals surface area contributed by atoms with Crippen LogP contribution >= 0.6 is 11.6 Å². The number of nitrogens with zero attached hydrogens (tertiary/aromatic N) is 6. The number of amides is 1. The molecule has 2 aliphatic rings. The van der Waals surface area contributed by atoms with Crippen LogP contribution in [0.3, 0.4) is 0 Å². The normalized spacial score (nSPS) is 17.2. The van der Waals surface area contributed by atoms with Crippen LogP contribution in [0.4, 0.5) is 5.82 Å². The monoisotopic (exact) mass is 452 g/mol. The molecule has 0 bridgehead atoms. The van der Waals surface area contributed by atoms with Crippen LogP contribution in [-0.4, -0.2) is 70.1 Å². The molecule has 0 spiro atoms. The molecule has 0 radical (unpaired) electrons. The molecule has 1 amide bonds. The molecule has 1 aromatic carbocycles. The van der Waals surface area contributed by atoms with E-state index >= 15 is 0 Å². The lowest BCUT2D eigenvalue weighted by molar-refractivity contribution is 0.0615. The molecule has 2 aliphatic heterocycles. The summed E-state index contributed by atoms with van der Waals surface area (Å²) in [5.74, 6) is 2.00. The van der Waals surface area contributed by atoms with Crippen LogP contribution in [0.2, 0.25) is 5.02 Å². The number of pyridine rings is 1. The van der Waals surface area contributed by atoms with E-state index in [0.717, 1.165) is 50.4 Å². The molecule has 3 aromatic rings. The Bertz CT molecular complexity index is 1070. The third kappa shape index (κ3) is 4.47. The van der Waals surface area contributed by atoms with Gasteiger partial charge in [0, 0.05) is 56.1 Å². The van der Waals surface area contributed by atoms with E-state index in [1.54, 1.807) is 18.3 Å². The molecule has 4 heterocycles. The van der Waals surface area contributed by atoms with Crippen molar-refractivity contribution in [1.29, 1.82) is 0 Å². The van der Waals surface area contributed by atoms with Crippen molar-refractivity contribution in [2.24, 2.45) is 0 Å². The van der Waals surface area contributed by atoms with Crippen molar-refractivity contribution in [3.05, 3.63) is 59.1 Å². The summed E-state index contributed by atoms with van der Waals surface area (Å²) in [4.78, 5) is 28.6. The van der Waals surface area contributed by atoms with Crippen LogP contribution in [0.1, 0.15) is 29.1 Å². The van der Waals surface area contributed by atoms with Gasteiger partial charge in [-0.1, -0.05) is 16.8 Å². The van der Waals surface area contributed by atoms with Crippen LogP contribution in [0.5, 0.6) is 0 Å². The zero-order valence-electron chi connectivity index (χ0n) is 17.8. The van der Waals surface area contributed by atoms with Crippen LogP contribution in [-0.2, 0) is 6.54 Å². The predicted octanol–water partition coefficient (Wildman–Crippen LogP) is 3.34. The molecule has 0 unspecified atom stereocenters. The van der Waals surface area contributed by atoms with Gasteiger partial charge in [-0.25, -0.2) is 4.98 Å². The lowest BCUT2D eigenvalue weighted by Crippen LogP contribution is -2.48. The molecule has 2 saturated heterocycles. The summed E-state index contributed by atoms with van der Waals surface area (Å²) in [7, 11) is 0. The Morgan fingerprint density at radius 2 is 1.75 bits per heavy atom. The highest BCUT2D eigenvalue weighted by Crippen LogP contribution is 2.24. The molecular weight excluding hydrogens is 428 g/mol. The summed E-state index contributed by atoms with van der Waals surface area (Å²) < 4.78 is 5.44. The zero-order valence-corrected chi connectivity index (χ0v) is 18.5. The molecule has 2 aromatic heterocycles. The Labute approximate surface area is 191 Å². The Hall–Kier alpha value is -2.97. The molecule has 9 heteroatoms. The van der Waals surface area contributed by atoms with Gasteiger partial charge >= 0.3 is 0 Å². The van der Waals surface area contributed by atoms with Gasteiger partial charge in [-0.05, 0) is 49.2 Å². The number of anilines is 1. The number of hydrogen-bond donors (Lipinski definition) is 0. The van der Waals surface area contributed by atoms with Gasteiger partial charge in [0.25, 0.3) is 5.91 Å². The Morgan fingerprint density at radius 1 is 1.00 bits per heavy atom. The first kappa shape index (κ1) is 20.9. The summed E-state index contributed by atoms with van der Waals surface area (Å²) in [6.45, 7) is 5.32. The Balaban J connectivity index is 1.19. The number of piperazine rings is 1. The average molecular weight is 453 g/mol. The second kappa shape index (κ2) is 9.26. The molecule has 0 saturated carbocycles. The van der Waals surface area contributed by atoms with Crippen molar-refractivity contribution >= 4 is 23.3 Å². The minimum absolute atomic E-state index is 0.0578. The van der Waals surface area contributed by atoms with Crippen LogP contribution in [0, 0.1) is 0 Å². The number of rotatable bonds is 5. The van der Waals surface area contributed by atoms with E-state index in [-0.39, 0.29) is 5.91 Å². The first-order valence-corrected chi connectivity index (χ1v) is 11.4. The lowest BCUT2D eigenvalue weighted by Gasteiger charge is -2.34. The van der Waals surface area contributed by atoms with E-state index in [1.807, 2.05) is 29.2 Å². The molecule has 2 fully saturated rings. The van der Waals surface area contributed by atoms with Gasteiger partial charge in [0.05, 0.1) is 12.1 Å². The van der Waals surface area contributed by atoms with Crippen LogP contribution in [0.25, 0.3) is 11.4 Å². The van der Waals surface area contributed by atoms with Crippen molar-refractivity contribution in [3.63, 3.8) is 0 Å². The first-order chi connectivity index (χ1) is 15.7. The third-order valence-electron chi connectivity index (χ3n) is 6.01. The largest absolute Gasteiger partial charge is 0.356 e. The molecule has 0 atom stereocenters. The van der Waals surface area contributed by atoms with Crippen LogP contribution in [0.15, 0.2) is 47.1 Å². The van der Waals surface area contributed by atoms with Gasteiger partial charge in [-0.2, -0.15) is 4.98 Å². The molecule has 8 nitrogen and oxygen atoms in total. The molecule has 0 aliphatic carbocycles. The fraction of sp³-hybridized carbons (Fsp3) is 0.391. The smallest absolute Gasteiger partial charge is 0.257 e. The summed E-state index contributed by atoms with van der Waals surface area (Å²) in [6, 6.07) is 11.1. The second-order valence-corrected chi connectivity index (χ2v) is 8.59. The number of benzene rings is 1. The van der Waals surface area contributed by atoms with Gasteiger partial charge < -0.3 is 14.3 Å². The van der Waals surface area contributed by atoms with E-state index in [1.165, 1.54) is 0 Å². The van der Waals surface area contributed by atoms with E-state index < -0.39 is 0 Å². The van der Waals surface area contributed by atoms with E-state index in [4.69, 9.17) is 16.1 Å². The average Bonchev–Trinajstić information content (AvgIpc) is 3.52. The summed E-state index contributed by atoms with van der Waals surface area (Å²) in [5.41, 5.74) is 1.57. The fourth-order valence-corrected chi connectivity index (χ4v) is 4.38. The second-order valence-electron chi connectivity index (χ2n) is 8.16. The molecule has 32 heavy (non-hydrogen) atoms. The molecule has 5 rings (SSSR count). The fourth-order valence-electron chi connectivity index (χ4n) is 4.25. The Kier molecular flexibility index (Phi) is 6.05. The Morgan fingerprint density at radius 3 is 2.50 bits per heavy atom. The minimum Gasteiger partial charge on any atom is -0.356 e. The highest BCUT2D eigenvalue weighted by atomic mass is 35.5. The van der Waals surface area contributed by atoms with Crippen molar-refractivity contribution in [2.75, 3.05) is 44.2 Å². The van der Waals surface area contributed by atoms with Crippen molar-refractivity contribution < 1.29 is 9.32 Å². The number of halogens is 1. The van der Waals surface area contributed by atoms with Gasteiger partial charge in [0.1, 0.15) is 5.82 Å². The topological polar surface area (TPSA) is 78.6 Å². The summed E-state index contributed by atoms with van der Waals surface area (Å²) in [6.07, 6.45) is 4.07. The number of aromatic nitrogens is 3. The molecule has 166 valence electrons. The SMILES string of the molecule is O=C(c1cccnc1N1CCCC1)N1CCN(Cc2nc(-c3ccc(Cl)cc3)no2)CC1. The minimum atomic E-state index is 0.0578. The standard InChI is InChI=1S/C23H25ClN6O2/c24-18-7-5-17(6-8-18)21-26-20(32-27-21)16-28-12-14-30(15-13-28)23(31)19-4-3-9-25-22(19)29-10-1-2-11-29/h3-9H,1-2,10-16H2. The quantitative estimate of drug-likeness (QED) is 0.587. The first-order valence-electron chi connectivity index (χ1n) is 11.0.